The zero-order valence-electron chi connectivity index (χ0n) is 24.5. The van der Waals surface area contributed by atoms with E-state index in [-0.39, 0.29) is 22.2 Å². The number of nitrogens with zero attached hydrogens (tertiary/aromatic N) is 2. The van der Waals surface area contributed by atoms with Crippen LogP contribution in [0.1, 0.15) is 22.8 Å². The summed E-state index contributed by atoms with van der Waals surface area (Å²) in [5, 5.41) is 2.86. The van der Waals surface area contributed by atoms with Crippen LogP contribution in [0.25, 0.3) is 0 Å². The van der Waals surface area contributed by atoms with Crippen LogP contribution in [-0.2, 0) is 14.8 Å². The number of ether oxygens (including phenoxy) is 2. The number of carbonyl (C=O) groups is 2. The molecule has 0 saturated carbocycles. The lowest BCUT2D eigenvalue weighted by Gasteiger charge is -2.36. The summed E-state index contributed by atoms with van der Waals surface area (Å²) in [7, 11) is -3.96. The van der Waals surface area contributed by atoms with Gasteiger partial charge in [0.2, 0.25) is 0 Å². The molecule has 0 aromatic heterocycles. The molecule has 0 atom stereocenters. The Labute approximate surface area is 257 Å². The van der Waals surface area contributed by atoms with E-state index in [2.05, 4.69) is 10.0 Å². The van der Waals surface area contributed by atoms with E-state index in [1.165, 1.54) is 18.2 Å². The Morgan fingerprint density at radius 1 is 0.818 bits per heavy atom. The minimum absolute atomic E-state index is 0.105. The molecule has 44 heavy (non-hydrogen) atoms. The minimum Gasteiger partial charge on any atom is -0.457 e. The summed E-state index contributed by atoms with van der Waals surface area (Å²) in [6.45, 7) is 5.67. The van der Waals surface area contributed by atoms with Crippen molar-refractivity contribution in [2.75, 3.05) is 47.7 Å². The summed E-state index contributed by atoms with van der Waals surface area (Å²) >= 11 is 0. The number of nitrogens with one attached hydrogen (secondary N) is 2. The first kappa shape index (κ1) is 30.4. The molecule has 5 rings (SSSR count). The van der Waals surface area contributed by atoms with Gasteiger partial charge in [-0.3, -0.25) is 9.52 Å². The summed E-state index contributed by atoms with van der Waals surface area (Å²) in [5.41, 5.74) is 2.61. The number of benzene rings is 4. The van der Waals surface area contributed by atoms with E-state index in [0.29, 0.717) is 55.7 Å². The Morgan fingerprint density at radius 2 is 1.48 bits per heavy atom. The smallest absolute Gasteiger partial charge is 0.409 e. The van der Waals surface area contributed by atoms with Gasteiger partial charge in [0.1, 0.15) is 11.5 Å². The molecule has 11 heteroatoms. The molecule has 1 aliphatic rings. The largest absolute Gasteiger partial charge is 0.457 e. The van der Waals surface area contributed by atoms with E-state index in [1.54, 1.807) is 60.4 Å². The number of aryl methyl sites for hydroxylation is 1. The van der Waals surface area contributed by atoms with E-state index >= 15 is 0 Å². The van der Waals surface area contributed by atoms with E-state index in [9.17, 15) is 18.0 Å². The first-order valence-corrected chi connectivity index (χ1v) is 15.7. The van der Waals surface area contributed by atoms with Crippen molar-refractivity contribution in [3.63, 3.8) is 0 Å². The zero-order valence-corrected chi connectivity index (χ0v) is 25.3. The van der Waals surface area contributed by atoms with Crippen molar-refractivity contribution in [3.05, 3.63) is 108 Å². The molecular weight excluding hydrogens is 580 g/mol. The quantitative estimate of drug-likeness (QED) is 0.233. The molecule has 0 unspecified atom stereocenters. The van der Waals surface area contributed by atoms with Gasteiger partial charge in [0.05, 0.1) is 22.9 Å². The van der Waals surface area contributed by atoms with Gasteiger partial charge in [0.15, 0.2) is 0 Å². The molecule has 2 N–H and O–H groups in total. The first-order chi connectivity index (χ1) is 21.2. The van der Waals surface area contributed by atoms with Gasteiger partial charge in [-0.15, -0.1) is 0 Å². The maximum atomic E-state index is 13.4. The lowest BCUT2D eigenvalue weighted by atomic mass is 10.1. The molecule has 2 amide bonds. The molecule has 0 aliphatic carbocycles. The summed E-state index contributed by atoms with van der Waals surface area (Å²) in [5.74, 6) is 0.915. The lowest BCUT2D eigenvalue weighted by Crippen LogP contribution is -2.49. The molecule has 1 aliphatic heterocycles. The Balaban J connectivity index is 1.36. The van der Waals surface area contributed by atoms with Crippen LogP contribution in [-0.4, -0.2) is 58.1 Å². The van der Waals surface area contributed by atoms with Crippen molar-refractivity contribution < 1.29 is 27.5 Å². The lowest BCUT2D eigenvalue weighted by molar-refractivity contribution is 0.102. The van der Waals surface area contributed by atoms with Gasteiger partial charge in [-0.1, -0.05) is 35.9 Å². The molecule has 1 heterocycles. The van der Waals surface area contributed by atoms with E-state index in [4.69, 9.17) is 9.47 Å². The molecule has 0 spiro atoms. The maximum absolute atomic E-state index is 13.4. The molecule has 4 aromatic carbocycles. The van der Waals surface area contributed by atoms with Crippen LogP contribution in [0.4, 0.5) is 21.9 Å². The van der Waals surface area contributed by atoms with Gasteiger partial charge >= 0.3 is 6.09 Å². The summed E-state index contributed by atoms with van der Waals surface area (Å²) < 4.78 is 40.4. The number of hydrogen-bond acceptors (Lipinski definition) is 7. The third kappa shape index (κ3) is 7.48. The number of anilines is 3. The van der Waals surface area contributed by atoms with Gasteiger partial charge in [0.25, 0.3) is 15.9 Å². The number of rotatable bonds is 9. The van der Waals surface area contributed by atoms with Crippen molar-refractivity contribution in [1.82, 2.24) is 4.90 Å². The topological polar surface area (TPSA) is 117 Å². The third-order valence-electron chi connectivity index (χ3n) is 7.07. The summed E-state index contributed by atoms with van der Waals surface area (Å²) in [6.07, 6.45) is -0.376. The second-order valence-corrected chi connectivity index (χ2v) is 11.9. The van der Waals surface area contributed by atoms with E-state index in [0.717, 1.165) is 5.56 Å². The van der Waals surface area contributed by atoms with Gasteiger partial charge in [-0.25, -0.2) is 13.2 Å². The molecule has 0 bridgehead atoms. The van der Waals surface area contributed by atoms with Gasteiger partial charge in [0, 0.05) is 37.4 Å². The predicted octanol–water partition coefficient (Wildman–Crippen LogP) is 6.12. The van der Waals surface area contributed by atoms with Crippen LogP contribution >= 0.6 is 0 Å². The number of piperazine rings is 1. The Hall–Kier alpha value is -5.03. The van der Waals surface area contributed by atoms with E-state index < -0.39 is 15.9 Å². The molecule has 4 aromatic rings. The van der Waals surface area contributed by atoms with Crippen LogP contribution in [0.15, 0.2) is 102 Å². The minimum atomic E-state index is -3.96. The van der Waals surface area contributed by atoms with Gasteiger partial charge < -0.3 is 24.6 Å². The highest BCUT2D eigenvalue weighted by Crippen LogP contribution is 2.31. The fourth-order valence-electron chi connectivity index (χ4n) is 4.73. The SMILES string of the molecule is CCOC(=O)N1CCN(c2ccc(C(=O)Nc3ccc(Oc4ccccc4)cc3)cc2NS(=O)(=O)c2ccc(C)cc2)CC1. The molecule has 0 radical (unpaired) electrons. The average molecular weight is 615 g/mol. The maximum Gasteiger partial charge on any atom is 0.409 e. The Kier molecular flexibility index (Phi) is 9.35. The van der Waals surface area contributed by atoms with Crippen LogP contribution in [0.3, 0.4) is 0 Å². The summed E-state index contributed by atoms with van der Waals surface area (Å²) in [4.78, 5) is 29.2. The Bertz CT molecular complexity index is 1700. The summed E-state index contributed by atoms with van der Waals surface area (Å²) in [6, 6.07) is 27.8. The number of hydrogen-bond donors (Lipinski definition) is 2. The fourth-order valence-corrected chi connectivity index (χ4v) is 5.80. The van der Waals surface area contributed by atoms with Crippen molar-refractivity contribution >= 4 is 39.1 Å². The molecule has 228 valence electrons. The van der Waals surface area contributed by atoms with Crippen molar-refractivity contribution in [2.45, 2.75) is 18.7 Å². The highest BCUT2D eigenvalue weighted by molar-refractivity contribution is 7.92. The zero-order chi connectivity index (χ0) is 31.1. The highest BCUT2D eigenvalue weighted by Gasteiger charge is 2.26. The van der Waals surface area contributed by atoms with Gasteiger partial charge in [-0.05, 0) is 80.6 Å². The van der Waals surface area contributed by atoms with Crippen LogP contribution in [0.2, 0.25) is 0 Å². The number of sulfonamides is 1. The highest BCUT2D eigenvalue weighted by atomic mass is 32.2. The molecular formula is C33H34N4O6S. The van der Waals surface area contributed by atoms with Crippen LogP contribution in [0, 0.1) is 6.92 Å². The first-order valence-electron chi connectivity index (χ1n) is 14.3. The molecule has 10 nitrogen and oxygen atoms in total. The monoisotopic (exact) mass is 614 g/mol. The fraction of sp³-hybridized carbons (Fsp3) is 0.212. The van der Waals surface area contributed by atoms with Gasteiger partial charge in [-0.2, -0.15) is 0 Å². The molecule has 1 saturated heterocycles. The van der Waals surface area contributed by atoms with Crippen molar-refractivity contribution in [3.8, 4) is 11.5 Å². The number of amides is 2. The van der Waals surface area contributed by atoms with Crippen LogP contribution in [0.5, 0.6) is 11.5 Å². The average Bonchev–Trinajstić information content (AvgIpc) is 3.03. The van der Waals surface area contributed by atoms with Crippen molar-refractivity contribution in [2.24, 2.45) is 0 Å². The Morgan fingerprint density at radius 3 is 2.14 bits per heavy atom. The normalized spacial score (nSPS) is 13.2. The second kappa shape index (κ2) is 13.5. The van der Waals surface area contributed by atoms with E-state index in [1.807, 2.05) is 42.2 Å². The standard InChI is InChI=1S/C33H34N4O6S/c1-3-42-33(39)37-21-19-36(20-22-37)31-18-11-25(23-30(31)35-44(40,41)29-16-9-24(2)10-17-29)32(38)34-26-12-14-28(15-13-26)43-27-7-5-4-6-8-27/h4-18,23,35H,3,19-22H2,1-2H3,(H,34,38). The number of para-hydroxylation sites is 1. The number of carbonyl (C=O) groups excluding carboxylic acids is 2. The molecule has 1 fully saturated rings. The van der Waals surface area contributed by atoms with Crippen LogP contribution < -0.4 is 19.7 Å². The second-order valence-electron chi connectivity index (χ2n) is 10.2. The van der Waals surface area contributed by atoms with Crippen molar-refractivity contribution in [1.29, 1.82) is 0 Å². The third-order valence-corrected chi connectivity index (χ3v) is 8.45. The predicted molar refractivity (Wildman–Crippen MR) is 170 cm³/mol.